The lowest BCUT2D eigenvalue weighted by molar-refractivity contribution is -0.869. The number of nitrogens with one attached hydrogen (secondary N) is 1. The molecule has 0 amide bonds. The molecule has 0 spiro atoms. The number of likely N-dealkylation sites (tertiary alicyclic amines) is 1. The summed E-state index contributed by atoms with van der Waals surface area (Å²) in [7, 11) is 2.32. The molecule has 68 valence electrons. The third-order valence-corrected chi connectivity index (χ3v) is 2.94. The maximum Gasteiger partial charge on any atom is 0.0802 e. The van der Waals surface area contributed by atoms with Crippen molar-refractivity contribution in [1.82, 2.24) is 0 Å². The maximum absolute atomic E-state index is 2.33. The second kappa shape index (κ2) is 4.76. The Labute approximate surface area is 71.8 Å². The van der Waals surface area contributed by atoms with E-state index >= 15 is 0 Å². The summed E-state index contributed by atoms with van der Waals surface area (Å²) in [5.41, 5.74) is 0. The highest BCUT2D eigenvalue weighted by Gasteiger charge is 2.31. The quantitative estimate of drug-likeness (QED) is 0.616. The molecule has 2 atom stereocenters. The molecule has 1 heterocycles. The van der Waals surface area contributed by atoms with Gasteiger partial charge in [-0.15, -0.1) is 0 Å². The van der Waals surface area contributed by atoms with Gasteiger partial charge in [0, 0.05) is 11.8 Å². The van der Waals surface area contributed by atoms with Crippen molar-refractivity contribution in [3.63, 3.8) is 0 Å². The lowest BCUT2D eigenvalue weighted by atomic mass is 9.92. The molecule has 1 rings (SSSR count). The fourth-order valence-electron chi connectivity index (χ4n) is 2.27. The summed E-state index contributed by atoms with van der Waals surface area (Å²) >= 11 is 0. The molecule has 0 aliphatic carbocycles. The van der Waals surface area contributed by atoms with Crippen molar-refractivity contribution in [2.75, 3.05) is 20.1 Å². The van der Waals surface area contributed by atoms with Crippen LogP contribution in [0.25, 0.3) is 0 Å². The molecule has 1 saturated heterocycles. The fourth-order valence-corrected chi connectivity index (χ4v) is 2.27. The van der Waals surface area contributed by atoms with Gasteiger partial charge in [0.05, 0.1) is 20.1 Å². The van der Waals surface area contributed by atoms with Crippen LogP contribution in [0.3, 0.4) is 0 Å². The Balaban J connectivity index is 0.000001000. The number of hydrogen-bond donors (Lipinski definition) is 1. The number of hydrogen-bond acceptors (Lipinski definition) is 0. The van der Waals surface area contributed by atoms with E-state index in [2.05, 4.69) is 20.9 Å². The molecule has 0 saturated carbocycles. The normalized spacial score (nSPS) is 36.8. The third kappa shape index (κ3) is 2.48. The average Bonchev–Trinajstić information content (AvgIpc) is 2.30. The van der Waals surface area contributed by atoms with Crippen LogP contribution in [-0.2, 0) is 0 Å². The van der Waals surface area contributed by atoms with E-state index in [0.29, 0.717) is 0 Å². The minimum absolute atomic E-state index is 0. The lowest BCUT2D eigenvalue weighted by Gasteiger charge is -2.09. The Morgan fingerprint density at radius 2 is 1.45 bits per heavy atom. The van der Waals surface area contributed by atoms with Gasteiger partial charge in [0.2, 0.25) is 0 Å². The van der Waals surface area contributed by atoms with Crippen LogP contribution in [0.15, 0.2) is 0 Å². The van der Waals surface area contributed by atoms with E-state index in [0.717, 1.165) is 11.8 Å². The molecule has 1 nitrogen and oxygen atoms in total. The van der Waals surface area contributed by atoms with E-state index in [1.165, 1.54) is 25.9 Å². The molecule has 1 fully saturated rings. The molecule has 1 aliphatic heterocycles. The van der Waals surface area contributed by atoms with Crippen LogP contribution in [0.2, 0.25) is 0 Å². The monoisotopic (exact) mass is 158 g/mol. The Morgan fingerprint density at radius 3 is 1.73 bits per heavy atom. The van der Waals surface area contributed by atoms with Gasteiger partial charge in [0.25, 0.3) is 0 Å². The zero-order valence-corrected chi connectivity index (χ0v) is 7.48. The van der Waals surface area contributed by atoms with Crippen molar-refractivity contribution >= 4 is 0 Å². The van der Waals surface area contributed by atoms with Gasteiger partial charge in [-0.1, -0.05) is 21.3 Å². The van der Waals surface area contributed by atoms with Gasteiger partial charge in [0.15, 0.2) is 0 Å². The van der Waals surface area contributed by atoms with Crippen LogP contribution < -0.4 is 4.90 Å². The SMILES string of the molecule is C.CCC1C[NH+](C)CC1CC. The molecule has 0 bridgehead atoms. The summed E-state index contributed by atoms with van der Waals surface area (Å²) in [6, 6.07) is 0. The molecule has 1 aliphatic rings. The highest BCUT2D eigenvalue weighted by molar-refractivity contribution is 4.70. The fraction of sp³-hybridized carbons (Fsp3) is 1.00. The van der Waals surface area contributed by atoms with Crippen LogP contribution in [0.1, 0.15) is 34.1 Å². The molecule has 1 heteroatoms. The third-order valence-electron chi connectivity index (χ3n) is 2.94. The van der Waals surface area contributed by atoms with Crippen molar-refractivity contribution in [1.29, 1.82) is 0 Å². The first-order chi connectivity index (χ1) is 4.77. The molecule has 11 heavy (non-hydrogen) atoms. The van der Waals surface area contributed by atoms with Crippen LogP contribution >= 0.6 is 0 Å². The minimum Gasteiger partial charge on any atom is -0.337 e. The summed E-state index contributed by atoms with van der Waals surface area (Å²) in [4.78, 5) is 1.73. The van der Waals surface area contributed by atoms with E-state index in [9.17, 15) is 0 Å². The Kier molecular flexibility index (Phi) is 4.74. The van der Waals surface area contributed by atoms with E-state index in [1.54, 1.807) is 4.90 Å². The topological polar surface area (TPSA) is 4.44 Å². The van der Waals surface area contributed by atoms with Crippen molar-refractivity contribution in [2.24, 2.45) is 11.8 Å². The second-order valence-corrected chi connectivity index (χ2v) is 3.70. The molecule has 0 aromatic carbocycles. The van der Waals surface area contributed by atoms with Crippen molar-refractivity contribution < 1.29 is 4.90 Å². The van der Waals surface area contributed by atoms with Gasteiger partial charge in [-0.2, -0.15) is 0 Å². The highest BCUT2D eigenvalue weighted by atomic mass is 15.1. The zero-order valence-electron chi connectivity index (χ0n) is 7.48. The van der Waals surface area contributed by atoms with Crippen molar-refractivity contribution in [3.05, 3.63) is 0 Å². The first-order valence-electron chi connectivity index (χ1n) is 4.59. The number of quaternary nitrogens is 1. The summed E-state index contributed by atoms with van der Waals surface area (Å²) < 4.78 is 0. The van der Waals surface area contributed by atoms with Crippen LogP contribution in [-0.4, -0.2) is 20.1 Å². The summed E-state index contributed by atoms with van der Waals surface area (Å²) in [6.07, 6.45) is 2.77. The zero-order chi connectivity index (χ0) is 7.56. The van der Waals surface area contributed by atoms with Gasteiger partial charge in [-0.25, -0.2) is 0 Å². The first kappa shape index (κ1) is 11.0. The van der Waals surface area contributed by atoms with Gasteiger partial charge >= 0.3 is 0 Å². The standard InChI is InChI=1S/C9H19N.CH4/c1-4-8-6-10(3)7-9(8)5-2;/h8-9H,4-7H2,1-3H3;1H4/p+1. The van der Waals surface area contributed by atoms with Gasteiger partial charge < -0.3 is 4.90 Å². The predicted octanol–water partition coefficient (Wildman–Crippen LogP) is 1.20. The predicted molar refractivity (Wildman–Crippen MR) is 50.9 cm³/mol. The molecule has 0 aromatic heterocycles. The lowest BCUT2D eigenvalue weighted by Crippen LogP contribution is -3.07. The molecule has 2 unspecified atom stereocenters. The van der Waals surface area contributed by atoms with Crippen LogP contribution in [0, 0.1) is 11.8 Å². The number of rotatable bonds is 2. The summed E-state index contributed by atoms with van der Waals surface area (Å²) in [6.45, 7) is 7.47. The maximum atomic E-state index is 2.33. The Morgan fingerprint density at radius 1 is 1.09 bits per heavy atom. The highest BCUT2D eigenvalue weighted by Crippen LogP contribution is 2.19. The van der Waals surface area contributed by atoms with Crippen molar-refractivity contribution in [2.45, 2.75) is 34.1 Å². The molecular formula is C10H24N+. The van der Waals surface area contributed by atoms with E-state index < -0.39 is 0 Å². The Hall–Kier alpha value is -0.0400. The minimum atomic E-state index is 0. The van der Waals surface area contributed by atoms with E-state index in [-0.39, 0.29) is 7.43 Å². The average molecular weight is 158 g/mol. The van der Waals surface area contributed by atoms with Gasteiger partial charge in [-0.05, 0) is 12.8 Å². The molecule has 0 aromatic rings. The molecule has 0 radical (unpaired) electrons. The summed E-state index contributed by atoms with van der Waals surface area (Å²) in [5, 5.41) is 0. The van der Waals surface area contributed by atoms with E-state index in [1.807, 2.05) is 0 Å². The first-order valence-corrected chi connectivity index (χ1v) is 4.59. The largest absolute Gasteiger partial charge is 0.337 e. The smallest absolute Gasteiger partial charge is 0.0802 e. The summed E-state index contributed by atoms with van der Waals surface area (Å²) in [5.74, 6) is 2.04. The van der Waals surface area contributed by atoms with Crippen LogP contribution in [0.5, 0.6) is 0 Å². The molecule has 1 N–H and O–H groups in total. The van der Waals surface area contributed by atoms with E-state index in [4.69, 9.17) is 0 Å². The van der Waals surface area contributed by atoms with Crippen molar-refractivity contribution in [3.8, 4) is 0 Å². The Bertz CT molecular complexity index is 89.0. The molecular weight excluding hydrogens is 134 g/mol. The van der Waals surface area contributed by atoms with Gasteiger partial charge in [0.1, 0.15) is 0 Å². The van der Waals surface area contributed by atoms with Gasteiger partial charge in [-0.3, -0.25) is 0 Å². The second-order valence-electron chi connectivity index (χ2n) is 3.70. The van der Waals surface area contributed by atoms with Crippen LogP contribution in [0.4, 0.5) is 0 Å².